The molecule has 2 rings (SSSR count). The molecule has 2 aromatic rings. The lowest BCUT2D eigenvalue weighted by molar-refractivity contribution is 0.728. The highest BCUT2D eigenvalue weighted by Gasteiger charge is 2.02. The molecule has 0 atom stereocenters. The average molecular weight is 342 g/mol. The summed E-state index contributed by atoms with van der Waals surface area (Å²) in [7, 11) is 1.82. The van der Waals surface area contributed by atoms with Gasteiger partial charge < -0.3 is 5.32 Å². The molecule has 0 saturated heterocycles. The summed E-state index contributed by atoms with van der Waals surface area (Å²) in [6.07, 6.45) is 4.84. The molecule has 0 spiro atoms. The van der Waals surface area contributed by atoms with E-state index in [-0.39, 0.29) is 5.56 Å². The van der Waals surface area contributed by atoms with Crippen molar-refractivity contribution < 1.29 is 0 Å². The van der Waals surface area contributed by atoms with E-state index in [4.69, 9.17) is 0 Å². The fourth-order valence-corrected chi connectivity index (χ4v) is 1.87. The van der Waals surface area contributed by atoms with E-state index in [1.54, 1.807) is 17.0 Å². The minimum absolute atomic E-state index is 0.0294. The van der Waals surface area contributed by atoms with Gasteiger partial charge in [0.2, 0.25) is 0 Å². The summed E-state index contributed by atoms with van der Waals surface area (Å²) in [5.74, 6) is 0.807. The maximum atomic E-state index is 11.8. The minimum Gasteiger partial charge on any atom is -0.373 e. The second-order valence-corrected chi connectivity index (χ2v) is 4.64. The van der Waals surface area contributed by atoms with Gasteiger partial charge in [-0.25, -0.2) is 9.97 Å². The Morgan fingerprint density at radius 2 is 2.24 bits per heavy atom. The smallest absolute Gasteiger partial charge is 0.267 e. The fraction of sp³-hybridized carbons (Fsp3) is 0.182. The summed E-state index contributed by atoms with van der Waals surface area (Å²) in [5, 5.41) is 2.95. The van der Waals surface area contributed by atoms with Gasteiger partial charge in [-0.15, -0.1) is 0 Å². The molecular weight excluding hydrogens is 331 g/mol. The minimum atomic E-state index is -0.0294. The number of halogens is 1. The van der Waals surface area contributed by atoms with E-state index in [0.717, 1.165) is 11.4 Å². The predicted molar refractivity (Wildman–Crippen MR) is 74.1 cm³/mol. The van der Waals surface area contributed by atoms with E-state index < -0.39 is 0 Å². The Labute approximate surface area is 112 Å². The van der Waals surface area contributed by atoms with Gasteiger partial charge in [0.05, 0.1) is 16.4 Å². The van der Waals surface area contributed by atoms with Crippen LogP contribution in [0.1, 0.15) is 5.56 Å². The lowest BCUT2D eigenvalue weighted by Gasteiger charge is -2.06. The van der Waals surface area contributed by atoms with Gasteiger partial charge in [-0.2, -0.15) is 0 Å². The van der Waals surface area contributed by atoms with Gasteiger partial charge in [0.15, 0.2) is 0 Å². The van der Waals surface area contributed by atoms with Crippen molar-refractivity contribution in [3.05, 3.63) is 50.3 Å². The first-order chi connectivity index (χ1) is 8.20. The molecule has 0 aliphatic rings. The fourth-order valence-electron chi connectivity index (χ4n) is 1.40. The van der Waals surface area contributed by atoms with Gasteiger partial charge in [-0.1, -0.05) is 6.07 Å². The van der Waals surface area contributed by atoms with Crippen molar-refractivity contribution in [3.63, 3.8) is 0 Å². The number of hydrogen-bond donors (Lipinski definition) is 1. The zero-order valence-electron chi connectivity index (χ0n) is 9.22. The summed E-state index contributed by atoms with van der Waals surface area (Å²) in [5.41, 5.74) is 0.938. The Morgan fingerprint density at radius 1 is 1.41 bits per heavy atom. The largest absolute Gasteiger partial charge is 0.373 e. The molecular formula is C11H11IN4O. The molecule has 88 valence electrons. The molecule has 0 fully saturated rings. The number of nitrogens with zero attached hydrogens (tertiary/aromatic N) is 3. The maximum absolute atomic E-state index is 11.8. The van der Waals surface area contributed by atoms with E-state index in [1.165, 1.54) is 6.33 Å². The second kappa shape index (κ2) is 5.26. The van der Waals surface area contributed by atoms with Gasteiger partial charge >= 0.3 is 0 Å². The zero-order chi connectivity index (χ0) is 12.3. The molecule has 0 aliphatic heterocycles. The number of nitrogens with one attached hydrogen (secondary N) is 1. The quantitative estimate of drug-likeness (QED) is 0.856. The summed E-state index contributed by atoms with van der Waals surface area (Å²) < 4.78 is 2.18. The number of aromatic nitrogens is 3. The Hall–Kier alpha value is -1.44. The van der Waals surface area contributed by atoms with E-state index in [2.05, 4.69) is 15.3 Å². The third-order valence-electron chi connectivity index (χ3n) is 2.29. The Morgan fingerprint density at radius 3 is 2.88 bits per heavy atom. The van der Waals surface area contributed by atoms with Crippen molar-refractivity contribution in [2.75, 3.05) is 12.4 Å². The molecule has 0 unspecified atom stereocenters. The summed E-state index contributed by atoms with van der Waals surface area (Å²) >= 11 is 1.98. The zero-order valence-corrected chi connectivity index (χ0v) is 11.4. The van der Waals surface area contributed by atoms with Crippen LogP contribution in [0.15, 0.2) is 35.6 Å². The number of anilines is 1. The van der Waals surface area contributed by atoms with Gasteiger partial charge in [0.25, 0.3) is 5.56 Å². The Bertz CT molecular complexity index is 564. The molecule has 1 N–H and O–H groups in total. The summed E-state index contributed by atoms with van der Waals surface area (Å²) in [4.78, 5) is 20.0. The average Bonchev–Trinajstić information content (AvgIpc) is 2.36. The van der Waals surface area contributed by atoms with Crippen LogP contribution < -0.4 is 10.9 Å². The van der Waals surface area contributed by atoms with E-state index in [9.17, 15) is 4.79 Å². The Kier molecular flexibility index (Phi) is 3.72. The van der Waals surface area contributed by atoms with Crippen LogP contribution in [0.2, 0.25) is 0 Å². The van der Waals surface area contributed by atoms with Crippen molar-refractivity contribution in [1.29, 1.82) is 0 Å². The lowest BCUT2D eigenvalue weighted by Crippen LogP contribution is -2.22. The van der Waals surface area contributed by atoms with Crippen LogP contribution in [0, 0.1) is 3.57 Å². The highest BCUT2D eigenvalue weighted by molar-refractivity contribution is 14.1. The molecule has 2 aromatic heterocycles. The summed E-state index contributed by atoms with van der Waals surface area (Å²) in [6, 6.07) is 3.81. The van der Waals surface area contributed by atoms with Gasteiger partial charge in [-0.05, 0) is 34.2 Å². The number of pyridine rings is 1. The number of rotatable bonds is 3. The van der Waals surface area contributed by atoms with E-state index in [0.29, 0.717) is 10.1 Å². The molecule has 0 amide bonds. The third kappa shape index (κ3) is 2.82. The standard InChI is InChI=1S/C11H11IN4O/c1-13-10-3-2-8(4-15-10)6-16-7-14-5-9(12)11(16)17/h2-5,7H,6H2,1H3,(H,13,15). The predicted octanol–water partition coefficient (Wildman–Crippen LogP) is 1.33. The van der Waals surface area contributed by atoms with Crippen LogP contribution in [0.4, 0.5) is 5.82 Å². The van der Waals surface area contributed by atoms with Gasteiger partial charge in [-0.3, -0.25) is 9.36 Å². The SMILES string of the molecule is CNc1ccc(Cn2cncc(I)c2=O)cn1. The molecule has 0 bridgehead atoms. The second-order valence-electron chi connectivity index (χ2n) is 3.48. The van der Waals surface area contributed by atoms with E-state index >= 15 is 0 Å². The van der Waals surface area contributed by atoms with Crippen LogP contribution in [0.3, 0.4) is 0 Å². The lowest BCUT2D eigenvalue weighted by atomic mass is 10.3. The van der Waals surface area contributed by atoms with Crippen molar-refractivity contribution in [2.45, 2.75) is 6.54 Å². The van der Waals surface area contributed by atoms with Crippen LogP contribution in [0.5, 0.6) is 0 Å². The van der Waals surface area contributed by atoms with Crippen molar-refractivity contribution >= 4 is 28.4 Å². The highest BCUT2D eigenvalue weighted by atomic mass is 127. The number of hydrogen-bond acceptors (Lipinski definition) is 4. The van der Waals surface area contributed by atoms with Gasteiger partial charge in [0, 0.05) is 19.4 Å². The molecule has 0 aliphatic carbocycles. The summed E-state index contributed by atoms with van der Waals surface area (Å²) in [6.45, 7) is 0.486. The van der Waals surface area contributed by atoms with E-state index in [1.807, 2.05) is 41.8 Å². The highest BCUT2D eigenvalue weighted by Crippen LogP contribution is 2.05. The van der Waals surface area contributed by atoms with Crippen LogP contribution >= 0.6 is 22.6 Å². The molecule has 0 saturated carbocycles. The van der Waals surface area contributed by atoms with Crippen LogP contribution in [0.25, 0.3) is 0 Å². The topological polar surface area (TPSA) is 59.8 Å². The monoisotopic (exact) mass is 342 g/mol. The van der Waals surface area contributed by atoms with Crippen LogP contribution in [-0.4, -0.2) is 21.6 Å². The third-order valence-corrected chi connectivity index (χ3v) is 3.03. The van der Waals surface area contributed by atoms with Crippen molar-refractivity contribution in [1.82, 2.24) is 14.5 Å². The Balaban J connectivity index is 2.25. The maximum Gasteiger partial charge on any atom is 0.267 e. The first-order valence-corrected chi connectivity index (χ1v) is 6.11. The molecule has 6 heteroatoms. The molecule has 17 heavy (non-hydrogen) atoms. The van der Waals surface area contributed by atoms with Gasteiger partial charge in [0.1, 0.15) is 5.82 Å². The first kappa shape index (κ1) is 12.0. The molecule has 5 nitrogen and oxygen atoms in total. The molecule has 0 radical (unpaired) electrons. The first-order valence-electron chi connectivity index (χ1n) is 5.03. The molecule has 0 aromatic carbocycles. The van der Waals surface area contributed by atoms with Crippen LogP contribution in [-0.2, 0) is 6.54 Å². The van der Waals surface area contributed by atoms with Crippen molar-refractivity contribution in [3.8, 4) is 0 Å². The normalized spacial score (nSPS) is 10.2. The van der Waals surface area contributed by atoms with Crippen molar-refractivity contribution in [2.24, 2.45) is 0 Å². The molecule has 2 heterocycles.